The minimum absolute atomic E-state index is 0.0173. The monoisotopic (exact) mass is 414 g/mol. The Morgan fingerprint density at radius 2 is 2.00 bits per heavy atom. The quantitative estimate of drug-likeness (QED) is 0.669. The van der Waals surface area contributed by atoms with E-state index in [4.69, 9.17) is 9.47 Å². The van der Waals surface area contributed by atoms with Crippen LogP contribution < -0.4 is 9.47 Å². The summed E-state index contributed by atoms with van der Waals surface area (Å²) in [5.74, 6) is 1.24. The molecular formula is C22H30N4O4. The number of hydrazone groups is 1. The molecule has 0 aliphatic carbocycles. The molecule has 30 heavy (non-hydrogen) atoms. The first-order valence-electron chi connectivity index (χ1n) is 10.9. The van der Waals surface area contributed by atoms with Crippen molar-refractivity contribution < 1.29 is 19.1 Å². The van der Waals surface area contributed by atoms with Crippen LogP contribution in [0.4, 0.5) is 4.79 Å². The highest BCUT2D eigenvalue weighted by Gasteiger charge is 2.43. The maximum atomic E-state index is 13.2. The summed E-state index contributed by atoms with van der Waals surface area (Å²) in [6.45, 7) is 4.43. The number of hydrogen-bond acceptors (Lipinski definition) is 6. The second kappa shape index (κ2) is 9.04. The average Bonchev–Trinajstić information content (AvgIpc) is 3.05. The van der Waals surface area contributed by atoms with E-state index in [2.05, 4.69) is 16.9 Å². The summed E-state index contributed by atoms with van der Waals surface area (Å²) in [5, 5.41) is 5.92. The van der Waals surface area contributed by atoms with Crippen LogP contribution in [-0.2, 0) is 4.79 Å². The number of urea groups is 1. The van der Waals surface area contributed by atoms with Crippen LogP contribution in [0.2, 0.25) is 0 Å². The van der Waals surface area contributed by atoms with E-state index < -0.39 is 0 Å². The number of hydrogen-bond donors (Lipinski definition) is 0. The lowest BCUT2D eigenvalue weighted by atomic mass is 10.0. The SMILES string of the molecule is CCCC(N1CCCCC1)N1C(=O)CN(/N=C2\CCOc3ccc(OC)cc32)C1=O. The van der Waals surface area contributed by atoms with Crippen LogP contribution in [-0.4, -0.2) is 72.0 Å². The van der Waals surface area contributed by atoms with Crippen LogP contribution in [0.15, 0.2) is 23.3 Å². The minimum atomic E-state index is -0.326. The summed E-state index contributed by atoms with van der Waals surface area (Å²) in [4.78, 5) is 29.8. The van der Waals surface area contributed by atoms with Gasteiger partial charge in [-0.2, -0.15) is 5.10 Å². The third kappa shape index (κ3) is 4.01. The molecule has 8 heteroatoms. The van der Waals surface area contributed by atoms with E-state index in [1.807, 2.05) is 18.2 Å². The van der Waals surface area contributed by atoms with E-state index in [1.165, 1.54) is 16.3 Å². The van der Waals surface area contributed by atoms with Gasteiger partial charge in [0, 0.05) is 25.1 Å². The van der Waals surface area contributed by atoms with Crippen LogP contribution >= 0.6 is 0 Å². The fourth-order valence-electron chi connectivity index (χ4n) is 4.45. The molecule has 1 aromatic rings. The number of piperidine rings is 1. The summed E-state index contributed by atoms with van der Waals surface area (Å²) in [6.07, 6.45) is 5.53. The fourth-order valence-corrected chi connectivity index (χ4v) is 4.45. The first kappa shape index (κ1) is 20.7. The second-order valence-corrected chi connectivity index (χ2v) is 7.98. The highest BCUT2D eigenvalue weighted by atomic mass is 16.5. The van der Waals surface area contributed by atoms with Gasteiger partial charge in [-0.3, -0.25) is 9.69 Å². The van der Waals surface area contributed by atoms with Gasteiger partial charge in [0.1, 0.15) is 18.0 Å². The molecule has 2 fully saturated rings. The van der Waals surface area contributed by atoms with Crippen LogP contribution in [0.25, 0.3) is 0 Å². The standard InChI is InChI=1S/C22H30N4O4/c1-3-7-20(24-11-5-4-6-12-24)26-21(27)15-25(22(26)28)23-18-10-13-30-19-9-8-16(29-2)14-17(18)19/h8-9,14,20H,3-7,10-13,15H2,1-2H3/b23-18+. The van der Waals surface area contributed by atoms with E-state index in [0.717, 1.165) is 50.0 Å². The molecule has 1 aromatic carbocycles. The largest absolute Gasteiger partial charge is 0.497 e. The van der Waals surface area contributed by atoms with E-state index in [1.54, 1.807) is 7.11 Å². The van der Waals surface area contributed by atoms with Gasteiger partial charge in [-0.05, 0) is 37.5 Å². The van der Waals surface area contributed by atoms with Crippen LogP contribution in [0.1, 0.15) is 51.0 Å². The van der Waals surface area contributed by atoms with Gasteiger partial charge in [-0.15, -0.1) is 0 Å². The maximum absolute atomic E-state index is 13.2. The van der Waals surface area contributed by atoms with Crippen LogP contribution in [0.5, 0.6) is 11.5 Å². The molecule has 3 amide bonds. The molecule has 0 N–H and O–H groups in total. The number of benzene rings is 1. The Kier molecular flexibility index (Phi) is 6.22. The summed E-state index contributed by atoms with van der Waals surface area (Å²) < 4.78 is 11.0. The number of imide groups is 1. The number of methoxy groups -OCH3 is 1. The molecule has 3 aliphatic heterocycles. The maximum Gasteiger partial charge on any atom is 0.349 e. The molecule has 0 aromatic heterocycles. The van der Waals surface area contributed by atoms with Gasteiger partial charge in [-0.1, -0.05) is 19.8 Å². The first-order valence-corrected chi connectivity index (χ1v) is 10.9. The highest BCUT2D eigenvalue weighted by Crippen LogP contribution is 2.30. The smallest absolute Gasteiger partial charge is 0.349 e. The van der Waals surface area contributed by atoms with Gasteiger partial charge in [0.2, 0.25) is 0 Å². The average molecular weight is 415 g/mol. The van der Waals surface area contributed by atoms with E-state index in [-0.39, 0.29) is 24.6 Å². The molecule has 0 radical (unpaired) electrons. The van der Waals surface area contributed by atoms with E-state index in [0.29, 0.717) is 24.5 Å². The second-order valence-electron chi connectivity index (χ2n) is 7.98. The summed E-state index contributed by atoms with van der Waals surface area (Å²) in [5.41, 5.74) is 1.55. The van der Waals surface area contributed by atoms with Gasteiger partial charge >= 0.3 is 6.03 Å². The zero-order chi connectivity index (χ0) is 21.1. The Balaban J connectivity index is 1.58. The molecule has 1 atom stereocenters. The number of carbonyl (C=O) groups excluding carboxylic acids is 2. The first-order chi connectivity index (χ1) is 14.6. The molecule has 162 valence electrons. The zero-order valence-corrected chi connectivity index (χ0v) is 17.8. The lowest BCUT2D eigenvalue weighted by Crippen LogP contribution is -2.52. The normalized spacial score (nSPS) is 22.3. The number of likely N-dealkylation sites (tertiary alicyclic amines) is 1. The number of carbonyl (C=O) groups is 2. The molecule has 8 nitrogen and oxygen atoms in total. The predicted octanol–water partition coefficient (Wildman–Crippen LogP) is 3.06. The third-order valence-corrected chi connectivity index (χ3v) is 5.97. The van der Waals surface area contributed by atoms with Crippen molar-refractivity contribution in [1.82, 2.24) is 14.8 Å². The van der Waals surface area contributed by atoms with Crippen molar-refractivity contribution in [3.05, 3.63) is 23.8 Å². The lowest BCUT2D eigenvalue weighted by molar-refractivity contribution is -0.130. The van der Waals surface area contributed by atoms with Crippen molar-refractivity contribution in [3.8, 4) is 11.5 Å². The number of rotatable bonds is 6. The Labute approximate surface area is 177 Å². The van der Waals surface area contributed by atoms with Crippen LogP contribution in [0.3, 0.4) is 0 Å². The van der Waals surface area contributed by atoms with E-state index >= 15 is 0 Å². The van der Waals surface area contributed by atoms with Crippen molar-refractivity contribution in [1.29, 1.82) is 0 Å². The molecular weight excluding hydrogens is 384 g/mol. The van der Waals surface area contributed by atoms with Crippen molar-refractivity contribution >= 4 is 17.6 Å². The summed E-state index contributed by atoms with van der Waals surface area (Å²) >= 11 is 0. The molecule has 3 heterocycles. The minimum Gasteiger partial charge on any atom is -0.497 e. The number of nitrogens with zero attached hydrogens (tertiary/aromatic N) is 4. The van der Waals surface area contributed by atoms with Crippen molar-refractivity contribution in [2.75, 3.05) is 33.4 Å². The number of ether oxygens (including phenoxy) is 2. The van der Waals surface area contributed by atoms with Gasteiger partial charge in [0.25, 0.3) is 5.91 Å². The molecule has 3 aliphatic rings. The Morgan fingerprint density at radius 3 is 2.73 bits per heavy atom. The van der Waals surface area contributed by atoms with Gasteiger partial charge in [-0.25, -0.2) is 14.7 Å². The molecule has 1 unspecified atom stereocenters. The van der Waals surface area contributed by atoms with Gasteiger partial charge in [0.05, 0.1) is 25.6 Å². The Hall–Kier alpha value is -2.61. The molecule has 0 spiro atoms. The van der Waals surface area contributed by atoms with Gasteiger partial charge in [0.15, 0.2) is 0 Å². The molecule has 0 saturated carbocycles. The van der Waals surface area contributed by atoms with E-state index in [9.17, 15) is 9.59 Å². The van der Waals surface area contributed by atoms with Crippen molar-refractivity contribution in [2.24, 2.45) is 5.10 Å². The Bertz CT molecular complexity index is 834. The zero-order valence-electron chi connectivity index (χ0n) is 17.8. The lowest BCUT2D eigenvalue weighted by Gasteiger charge is -2.38. The van der Waals surface area contributed by atoms with Gasteiger partial charge < -0.3 is 9.47 Å². The highest BCUT2D eigenvalue weighted by molar-refractivity contribution is 6.06. The fraction of sp³-hybridized carbons (Fsp3) is 0.591. The van der Waals surface area contributed by atoms with Crippen molar-refractivity contribution in [3.63, 3.8) is 0 Å². The van der Waals surface area contributed by atoms with Crippen molar-refractivity contribution in [2.45, 2.75) is 51.6 Å². The summed E-state index contributed by atoms with van der Waals surface area (Å²) in [6, 6.07) is 5.22. The molecule has 0 bridgehead atoms. The summed E-state index contributed by atoms with van der Waals surface area (Å²) in [7, 11) is 1.61. The topological polar surface area (TPSA) is 74.7 Å². The Morgan fingerprint density at radius 1 is 1.20 bits per heavy atom. The molecule has 2 saturated heterocycles. The number of amides is 3. The van der Waals surface area contributed by atoms with Crippen LogP contribution in [0, 0.1) is 0 Å². The predicted molar refractivity (Wildman–Crippen MR) is 113 cm³/mol. The molecule has 4 rings (SSSR count). The third-order valence-electron chi connectivity index (χ3n) is 5.97. The number of fused-ring (bicyclic) bond motifs is 1.